The lowest BCUT2D eigenvalue weighted by molar-refractivity contribution is 0.0252. The molecule has 1 atom stereocenters. The van der Waals surface area contributed by atoms with Crippen LogP contribution < -0.4 is 0 Å². The minimum atomic E-state index is -0.172. The molecule has 0 N–H and O–H groups in total. The molecule has 0 spiro atoms. The van der Waals surface area contributed by atoms with Crippen molar-refractivity contribution in [2.24, 2.45) is 0 Å². The molecule has 1 unspecified atom stereocenters. The highest BCUT2D eigenvalue weighted by Crippen LogP contribution is 2.27. The summed E-state index contributed by atoms with van der Waals surface area (Å²) in [5.41, 5.74) is 3.74. The van der Waals surface area contributed by atoms with Gasteiger partial charge < -0.3 is 4.74 Å². The summed E-state index contributed by atoms with van der Waals surface area (Å²) in [6.07, 6.45) is 1.75. The van der Waals surface area contributed by atoms with Crippen molar-refractivity contribution >= 4 is 0 Å². The van der Waals surface area contributed by atoms with Crippen molar-refractivity contribution in [1.82, 2.24) is 19.9 Å². The van der Waals surface area contributed by atoms with E-state index in [9.17, 15) is 0 Å². The van der Waals surface area contributed by atoms with Gasteiger partial charge in [0.2, 0.25) is 0 Å². The maximum Gasteiger partial charge on any atom is 0.157 e. The van der Waals surface area contributed by atoms with Crippen LogP contribution in [0.3, 0.4) is 0 Å². The summed E-state index contributed by atoms with van der Waals surface area (Å²) >= 11 is 0. The van der Waals surface area contributed by atoms with Crippen molar-refractivity contribution in [3.63, 3.8) is 0 Å². The van der Waals surface area contributed by atoms with Gasteiger partial charge in [-0.25, -0.2) is 4.68 Å². The van der Waals surface area contributed by atoms with Crippen LogP contribution in [-0.4, -0.2) is 33.0 Å². The predicted molar refractivity (Wildman–Crippen MR) is 95.8 cm³/mol. The van der Waals surface area contributed by atoms with E-state index in [-0.39, 0.29) is 6.23 Å². The van der Waals surface area contributed by atoms with Gasteiger partial charge in [-0.3, -0.25) is 4.90 Å². The first kappa shape index (κ1) is 16.5. The summed E-state index contributed by atoms with van der Waals surface area (Å²) in [7, 11) is 0. The molecule has 0 bridgehead atoms. The predicted octanol–water partition coefficient (Wildman–Crippen LogP) is 2.73. The molecule has 0 amide bonds. The maximum atomic E-state index is 9.02. The van der Waals surface area contributed by atoms with Crippen LogP contribution in [0.5, 0.6) is 0 Å². The number of benzene rings is 2. The van der Waals surface area contributed by atoms with Gasteiger partial charge in [0.1, 0.15) is 5.69 Å². The molecule has 1 saturated heterocycles. The van der Waals surface area contributed by atoms with Crippen molar-refractivity contribution in [3.8, 4) is 6.07 Å². The molecule has 1 fully saturated rings. The van der Waals surface area contributed by atoms with Gasteiger partial charge in [-0.05, 0) is 23.3 Å². The average molecular weight is 345 g/mol. The first-order valence-electron chi connectivity index (χ1n) is 8.60. The zero-order chi connectivity index (χ0) is 17.8. The lowest BCUT2D eigenvalue weighted by Crippen LogP contribution is -2.23. The fraction of sp³-hybridized carbons (Fsp3) is 0.250. The Kier molecular flexibility index (Phi) is 4.73. The second-order valence-corrected chi connectivity index (χ2v) is 6.33. The molecule has 1 aromatic heterocycles. The summed E-state index contributed by atoms with van der Waals surface area (Å²) < 4.78 is 7.68. The van der Waals surface area contributed by atoms with Crippen molar-refractivity contribution in [2.45, 2.75) is 19.3 Å². The zero-order valence-electron chi connectivity index (χ0n) is 14.3. The lowest BCUT2D eigenvalue weighted by atomic mass is 10.1. The molecule has 1 aliphatic heterocycles. The van der Waals surface area contributed by atoms with Crippen LogP contribution in [-0.2, 0) is 17.8 Å². The average Bonchev–Trinajstić information content (AvgIpc) is 3.32. The Labute approximate surface area is 152 Å². The van der Waals surface area contributed by atoms with Crippen molar-refractivity contribution in [2.75, 3.05) is 13.2 Å². The van der Waals surface area contributed by atoms with Gasteiger partial charge in [0.25, 0.3) is 0 Å². The summed E-state index contributed by atoms with van der Waals surface area (Å²) in [5.74, 6) is 0. The highest BCUT2D eigenvalue weighted by molar-refractivity contribution is 5.32. The van der Waals surface area contributed by atoms with Gasteiger partial charge in [-0.2, -0.15) is 5.26 Å². The summed E-state index contributed by atoms with van der Waals surface area (Å²) in [6, 6.07) is 20.0. The SMILES string of the molecule is N#Cc1cccc(Cn2cc(C3OCCN3Cc3ccccc3)nn2)c1. The molecule has 26 heavy (non-hydrogen) atoms. The molecule has 2 aromatic carbocycles. The lowest BCUT2D eigenvalue weighted by Gasteiger charge is -2.20. The van der Waals surface area contributed by atoms with E-state index in [1.807, 2.05) is 42.6 Å². The molecule has 0 saturated carbocycles. The van der Waals surface area contributed by atoms with Crippen LogP contribution in [0.4, 0.5) is 0 Å². The molecule has 3 aromatic rings. The first-order chi connectivity index (χ1) is 12.8. The van der Waals surface area contributed by atoms with E-state index in [0.717, 1.165) is 24.3 Å². The van der Waals surface area contributed by atoms with E-state index in [4.69, 9.17) is 10.00 Å². The van der Waals surface area contributed by atoms with Gasteiger partial charge >= 0.3 is 0 Å². The normalized spacial score (nSPS) is 17.3. The Bertz CT molecular complexity index is 915. The highest BCUT2D eigenvalue weighted by Gasteiger charge is 2.29. The fourth-order valence-electron chi connectivity index (χ4n) is 3.19. The molecule has 4 rings (SSSR count). The van der Waals surface area contributed by atoms with E-state index < -0.39 is 0 Å². The topological polar surface area (TPSA) is 67.0 Å². The third-order valence-electron chi connectivity index (χ3n) is 4.42. The van der Waals surface area contributed by atoms with E-state index in [0.29, 0.717) is 18.7 Å². The van der Waals surface area contributed by atoms with Crippen LogP contribution in [0.15, 0.2) is 60.8 Å². The van der Waals surface area contributed by atoms with E-state index >= 15 is 0 Å². The number of ether oxygens (including phenoxy) is 1. The number of nitrogens with zero attached hydrogens (tertiary/aromatic N) is 5. The largest absolute Gasteiger partial charge is 0.356 e. The second-order valence-electron chi connectivity index (χ2n) is 6.33. The van der Waals surface area contributed by atoms with Crippen molar-refractivity contribution in [3.05, 3.63) is 83.2 Å². The number of nitriles is 1. The Morgan fingerprint density at radius 3 is 2.77 bits per heavy atom. The van der Waals surface area contributed by atoms with E-state index in [2.05, 4.69) is 33.4 Å². The molecule has 0 aliphatic carbocycles. The number of aromatic nitrogens is 3. The second kappa shape index (κ2) is 7.48. The van der Waals surface area contributed by atoms with Crippen LogP contribution in [0.25, 0.3) is 0 Å². The summed E-state index contributed by atoms with van der Waals surface area (Å²) in [5, 5.41) is 17.6. The molecule has 0 radical (unpaired) electrons. The monoisotopic (exact) mass is 345 g/mol. The number of rotatable bonds is 5. The molecule has 2 heterocycles. The standard InChI is InChI=1S/C20H19N5O/c21-12-17-7-4-8-18(11-17)14-25-15-19(22-23-25)20-24(9-10-26-20)13-16-5-2-1-3-6-16/h1-8,11,15,20H,9-10,13-14H2. The third-order valence-corrected chi connectivity index (χ3v) is 4.42. The van der Waals surface area contributed by atoms with Crippen LogP contribution in [0, 0.1) is 11.3 Å². The number of hydrogen-bond donors (Lipinski definition) is 0. The highest BCUT2D eigenvalue weighted by atomic mass is 16.5. The molecule has 130 valence electrons. The molecular formula is C20H19N5O. The first-order valence-corrected chi connectivity index (χ1v) is 8.60. The van der Waals surface area contributed by atoms with Crippen LogP contribution in [0.2, 0.25) is 0 Å². The third kappa shape index (κ3) is 3.64. The zero-order valence-corrected chi connectivity index (χ0v) is 14.3. The maximum absolute atomic E-state index is 9.02. The Morgan fingerprint density at radius 2 is 1.92 bits per heavy atom. The fourth-order valence-corrected chi connectivity index (χ4v) is 3.19. The van der Waals surface area contributed by atoms with Crippen LogP contribution >= 0.6 is 0 Å². The molecule has 6 heteroatoms. The van der Waals surface area contributed by atoms with Gasteiger partial charge in [0.05, 0.1) is 31.0 Å². The summed E-state index contributed by atoms with van der Waals surface area (Å²) in [4.78, 5) is 2.26. The molecule has 1 aliphatic rings. The quantitative estimate of drug-likeness (QED) is 0.711. The van der Waals surface area contributed by atoms with E-state index in [1.165, 1.54) is 5.56 Å². The molecule has 6 nitrogen and oxygen atoms in total. The summed E-state index contributed by atoms with van der Waals surface area (Å²) in [6.45, 7) is 2.96. The molecular weight excluding hydrogens is 326 g/mol. The van der Waals surface area contributed by atoms with Gasteiger partial charge in [-0.15, -0.1) is 5.10 Å². The van der Waals surface area contributed by atoms with E-state index in [1.54, 1.807) is 10.7 Å². The van der Waals surface area contributed by atoms with Gasteiger partial charge in [0, 0.05) is 13.1 Å². The smallest absolute Gasteiger partial charge is 0.157 e. The Hall–Kier alpha value is -3.01. The van der Waals surface area contributed by atoms with Gasteiger partial charge in [0.15, 0.2) is 6.23 Å². The minimum Gasteiger partial charge on any atom is -0.356 e. The number of hydrogen-bond acceptors (Lipinski definition) is 5. The van der Waals surface area contributed by atoms with Gasteiger partial charge in [-0.1, -0.05) is 47.7 Å². The minimum absolute atomic E-state index is 0.172. The van der Waals surface area contributed by atoms with Crippen molar-refractivity contribution in [1.29, 1.82) is 5.26 Å². The Balaban J connectivity index is 1.47. The van der Waals surface area contributed by atoms with Crippen LogP contribution in [0.1, 0.15) is 28.6 Å². The Morgan fingerprint density at radius 1 is 1.08 bits per heavy atom. The van der Waals surface area contributed by atoms with Crippen molar-refractivity contribution < 1.29 is 4.74 Å².